The zero-order valence-electron chi connectivity index (χ0n) is 22.9. The number of fused-ring (bicyclic) bond motifs is 8. The molecular weight excluding hydrogens is 528 g/mol. The second kappa shape index (κ2) is 8.37. The van der Waals surface area contributed by atoms with Crippen LogP contribution in [0.1, 0.15) is 0 Å². The van der Waals surface area contributed by atoms with Crippen molar-refractivity contribution in [2.75, 3.05) is 0 Å². The number of hydrogen-bond donors (Lipinski definition) is 0. The molecule has 2 aromatic heterocycles. The van der Waals surface area contributed by atoms with Crippen molar-refractivity contribution in [1.29, 1.82) is 0 Å². The van der Waals surface area contributed by atoms with Crippen molar-refractivity contribution in [3.8, 4) is 44.9 Å². The molecule has 0 saturated heterocycles. The highest BCUT2D eigenvalue weighted by molar-refractivity contribution is 6.09. The van der Waals surface area contributed by atoms with Crippen LogP contribution in [-0.4, -0.2) is 0 Å². The quantitative estimate of drug-likeness (QED) is 0.215. The normalized spacial score (nSPS) is 12.4. The van der Waals surface area contributed by atoms with Crippen LogP contribution in [0.15, 0.2) is 142 Å². The summed E-state index contributed by atoms with van der Waals surface area (Å²) in [5.41, 5.74) is 10.4. The van der Waals surface area contributed by atoms with Gasteiger partial charge in [-0.1, -0.05) is 72.8 Å². The minimum absolute atomic E-state index is 0.877. The van der Waals surface area contributed by atoms with Crippen LogP contribution in [0.2, 0.25) is 0 Å². The number of benzene rings is 7. The molecule has 0 fully saturated rings. The Kier molecular flexibility index (Phi) is 4.45. The standard InChI is InChI=1S/C40H22O3/c1-2-9-34-28(7-1)32-19-24(13-17-35(32)41-34)26-11-15-29-30-16-12-27(22-39(30)43-38(29)21-26)25-14-18-36-33(20-25)31-8-3-5-23-6-4-10-37(42-36)40(23)31/h1-22H. The van der Waals surface area contributed by atoms with E-state index < -0.39 is 0 Å². The number of hydrogen-bond acceptors (Lipinski definition) is 3. The molecule has 43 heavy (non-hydrogen) atoms. The van der Waals surface area contributed by atoms with Gasteiger partial charge < -0.3 is 13.6 Å². The molecule has 200 valence electrons. The fraction of sp³-hybridized carbons (Fsp3) is 0. The summed E-state index contributed by atoms with van der Waals surface area (Å²) >= 11 is 0. The molecule has 9 aromatic rings. The first-order valence-electron chi connectivity index (χ1n) is 14.5. The zero-order valence-corrected chi connectivity index (χ0v) is 22.9. The highest BCUT2D eigenvalue weighted by Gasteiger charge is 2.20. The lowest BCUT2D eigenvalue weighted by atomic mass is 9.92. The third kappa shape index (κ3) is 3.30. The molecule has 10 rings (SSSR count). The average molecular weight is 551 g/mol. The largest absolute Gasteiger partial charge is 0.456 e. The Balaban J connectivity index is 1.07. The molecule has 0 amide bonds. The minimum atomic E-state index is 0.877. The van der Waals surface area contributed by atoms with Crippen LogP contribution in [0.25, 0.3) is 88.0 Å². The van der Waals surface area contributed by atoms with Crippen LogP contribution < -0.4 is 4.74 Å². The summed E-state index contributed by atoms with van der Waals surface area (Å²) in [5, 5.41) is 6.83. The fourth-order valence-corrected chi connectivity index (χ4v) is 6.79. The maximum Gasteiger partial charge on any atom is 0.136 e. The lowest BCUT2D eigenvalue weighted by molar-refractivity contribution is 0.487. The summed E-state index contributed by atoms with van der Waals surface area (Å²) in [6.45, 7) is 0. The number of rotatable bonds is 2. The Morgan fingerprint density at radius 2 is 0.977 bits per heavy atom. The summed E-state index contributed by atoms with van der Waals surface area (Å²) in [5.74, 6) is 1.79. The molecule has 3 heterocycles. The number of ether oxygens (including phenoxy) is 1. The molecule has 0 unspecified atom stereocenters. The van der Waals surface area contributed by atoms with Gasteiger partial charge in [0.2, 0.25) is 0 Å². The molecule has 0 spiro atoms. The van der Waals surface area contributed by atoms with Crippen molar-refractivity contribution < 1.29 is 13.6 Å². The van der Waals surface area contributed by atoms with Gasteiger partial charge in [0.05, 0.1) is 0 Å². The Morgan fingerprint density at radius 3 is 1.81 bits per heavy atom. The van der Waals surface area contributed by atoms with Crippen molar-refractivity contribution in [2.24, 2.45) is 0 Å². The van der Waals surface area contributed by atoms with Gasteiger partial charge >= 0.3 is 0 Å². The summed E-state index contributed by atoms with van der Waals surface area (Å²) in [4.78, 5) is 0. The molecule has 0 bridgehead atoms. The van der Waals surface area contributed by atoms with Crippen molar-refractivity contribution in [3.05, 3.63) is 133 Å². The highest BCUT2D eigenvalue weighted by Crippen LogP contribution is 2.47. The van der Waals surface area contributed by atoms with E-state index in [1.807, 2.05) is 24.3 Å². The van der Waals surface area contributed by atoms with E-state index in [0.29, 0.717) is 0 Å². The van der Waals surface area contributed by atoms with Crippen molar-refractivity contribution in [2.45, 2.75) is 0 Å². The van der Waals surface area contributed by atoms with Crippen molar-refractivity contribution in [1.82, 2.24) is 0 Å². The Morgan fingerprint density at radius 1 is 0.349 bits per heavy atom. The van der Waals surface area contributed by atoms with Crippen LogP contribution in [0, 0.1) is 0 Å². The molecule has 3 nitrogen and oxygen atoms in total. The summed E-state index contributed by atoms with van der Waals surface area (Å²) in [7, 11) is 0. The van der Waals surface area contributed by atoms with Gasteiger partial charge in [0.15, 0.2) is 0 Å². The fourth-order valence-electron chi connectivity index (χ4n) is 6.79. The predicted octanol–water partition coefficient (Wildman–Crippen LogP) is 11.7. The SMILES string of the molecule is c1cc2c3c(cccc3c1)-c1cc(-c3ccc4c(c3)oc3cc(-c5ccc6oc7ccccc7c6c5)ccc34)ccc1O2. The summed E-state index contributed by atoms with van der Waals surface area (Å²) in [6.07, 6.45) is 0. The molecule has 1 aliphatic heterocycles. The molecule has 0 atom stereocenters. The minimum Gasteiger partial charge on any atom is -0.456 e. The number of para-hydroxylation sites is 1. The van der Waals surface area contributed by atoms with Crippen LogP contribution in [0.3, 0.4) is 0 Å². The lowest BCUT2D eigenvalue weighted by Crippen LogP contribution is -1.97. The van der Waals surface area contributed by atoms with E-state index in [9.17, 15) is 0 Å². The lowest BCUT2D eigenvalue weighted by Gasteiger charge is -2.21. The Hall–Kier alpha value is -5.80. The van der Waals surface area contributed by atoms with Crippen LogP contribution >= 0.6 is 0 Å². The van der Waals surface area contributed by atoms with Gasteiger partial charge in [-0.2, -0.15) is 0 Å². The summed E-state index contributed by atoms with van der Waals surface area (Å²) in [6, 6.07) is 46.7. The van der Waals surface area contributed by atoms with Crippen LogP contribution in [-0.2, 0) is 0 Å². The Labute approximate surface area is 246 Å². The van der Waals surface area contributed by atoms with E-state index in [0.717, 1.165) is 83.2 Å². The van der Waals surface area contributed by atoms with E-state index in [1.54, 1.807) is 0 Å². The monoisotopic (exact) mass is 550 g/mol. The average Bonchev–Trinajstić information content (AvgIpc) is 3.62. The number of furan rings is 2. The summed E-state index contributed by atoms with van der Waals surface area (Å²) < 4.78 is 18.8. The van der Waals surface area contributed by atoms with Gasteiger partial charge in [0, 0.05) is 32.5 Å². The second-order valence-corrected chi connectivity index (χ2v) is 11.3. The Bertz CT molecular complexity index is 2590. The van der Waals surface area contributed by atoms with Gasteiger partial charge in [0.1, 0.15) is 33.8 Å². The molecule has 0 aliphatic carbocycles. The molecule has 0 N–H and O–H groups in total. The topological polar surface area (TPSA) is 35.5 Å². The van der Waals surface area contributed by atoms with Gasteiger partial charge in [-0.3, -0.25) is 0 Å². The zero-order chi connectivity index (χ0) is 28.1. The first-order chi connectivity index (χ1) is 21.3. The first kappa shape index (κ1) is 22.8. The smallest absolute Gasteiger partial charge is 0.136 e. The molecule has 0 saturated carbocycles. The van der Waals surface area contributed by atoms with E-state index in [1.165, 1.54) is 16.3 Å². The third-order valence-electron chi connectivity index (χ3n) is 8.87. The van der Waals surface area contributed by atoms with Gasteiger partial charge in [-0.15, -0.1) is 0 Å². The molecule has 1 aliphatic rings. The van der Waals surface area contributed by atoms with E-state index in [-0.39, 0.29) is 0 Å². The first-order valence-corrected chi connectivity index (χ1v) is 14.5. The third-order valence-corrected chi connectivity index (χ3v) is 8.87. The van der Waals surface area contributed by atoms with E-state index >= 15 is 0 Å². The van der Waals surface area contributed by atoms with Gasteiger partial charge in [-0.25, -0.2) is 0 Å². The van der Waals surface area contributed by atoms with Crippen LogP contribution in [0.5, 0.6) is 11.5 Å². The maximum atomic E-state index is 6.48. The van der Waals surface area contributed by atoms with E-state index in [2.05, 4.69) is 109 Å². The van der Waals surface area contributed by atoms with Gasteiger partial charge in [0.25, 0.3) is 0 Å². The van der Waals surface area contributed by atoms with Crippen molar-refractivity contribution >= 4 is 54.6 Å². The molecule has 0 radical (unpaired) electrons. The van der Waals surface area contributed by atoms with Crippen molar-refractivity contribution in [3.63, 3.8) is 0 Å². The second-order valence-electron chi connectivity index (χ2n) is 11.3. The highest BCUT2D eigenvalue weighted by atomic mass is 16.5. The van der Waals surface area contributed by atoms with Gasteiger partial charge in [-0.05, 0) is 93.9 Å². The van der Waals surface area contributed by atoms with E-state index in [4.69, 9.17) is 13.6 Å². The predicted molar refractivity (Wildman–Crippen MR) is 175 cm³/mol. The van der Waals surface area contributed by atoms with Crippen LogP contribution in [0.4, 0.5) is 0 Å². The molecular formula is C40H22O3. The maximum absolute atomic E-state index is 6.48. The molecule has 3 heteroatoms. The molecule has 7 aromatic carbocycles.